The second-order valence-corrected chi connectivity index (χ2v) is 8.67. The molecule has 4 rings (SSSR count). The van der Waals surface area contributed by atoms with Gasteiger partial charge in [0.05, 0.1) is 10.7 Å². The summed E-state index contributed by atoms with van der Waals surface area (Å²) in [6, 6.07) is 7.20. The van der Waals surface area contributed by atoms with Crippen molar-refractivity contribution >= 4 is 34.8 Å². The van der Waals surface area contributed by atoms with Crippen LogP contribution < -0.4 is 0 Å². The number of rotatable bonds is 4. The van der Waals surface area contributed by atoms with Crippen LogP contribution >= 0.6 is 22.9 Å². The van der Waals surface area contributed by atoms with Crippen LogP contribution in [0.4, 0.5) is 0 Å². The van der Waals surface area contributed by atoms with Gasteiger partial charge in [-0.15, -0.1) is 11.3 Å². The third-order valence-corrected chi connectivity index (χ3v) is 6.33. The molecule has 3 aromatic rings. The van der Waals surface area contributed by atoms with E-state index >= 15 is 0 Å². The molecule has 4 heterocycles. The van der Waals surface area contributed by atoms with Crippen molar-refractivity contribution in [2.75, 3.05) is 6.54 Å². The van der Waals surface area contributed by atoms with Crippen LogP contribution in [0.3, 0.4) is 0 Å². The lowest BCUT2D eigenvalue weighted by Crippen LogP contribution is -2.42. The Labute approximate surface area is 183 Å². The molecule has 0 saturated heterocycles. The molecule has 0 aromatic carbocycles. The zero-order valence-corrected chi connectivity index (χ0v) is 18.5. The van der Waals surface area contributed by atoms with Crippen molar-refractivity contribution in [2.45, 2.75) is 39.8 Å². The molecule has 156 valence electrons. The summed E-state index contributed by atoms with van der Waals surface area (Å²) in [6.07, 6.45) is -0.120. The number of aryl methyl sites for hydroxylation is 2. The molecule has 0 bridgehead atoms. The van der Waals surface area contributed by atoms with Gasteiger partial charge in [0.1, 0.15) is 0 Å². The molecule has 30 heavy (non-hydrogen) atoms. The topological polar surface area (TPSA) is 77.3 Å². The summed E-state index contributed by atoms with van der Waals surface area (Å²) in [4.78, 5) is 32.9. The van der Waals surface area contributed by atoms with Gasteiger partial charge in [0.2, 0.25) is 0 Å². The fourth-order valence-corrected chi connectivity index (χ4v) is 4.59. The van der Waals surface area contributed by atoms with Crippen LogP contribution in [0.1, 0.15) is 39.2 Å². The van der Waals surface area contributed by atoms with Gasteiger partial charge in [-0.1, -0.05) is 11.6 Å². The molecule has 1 aliphatic heterocycles. The number of halogens is 1. The van der Waals surface area contributed by atoms with E-state index in [9.17, 15) is 9.59 Å². The Morgan fingerprint density at radius 1 is 1.27 bits per heavy atom. The zero-order chi connectivity index (χ0) is 21.4. The minimum absolute atomic E-state index is 0.0415. The van der Waals surface area contributed by atoms with E-state index in [4.69, 9.17) is 16.3 Å². The van der Waals surface area contributed by atoms with Gasteiger partial charge in [-0.3, -0.25) is 4.79 Å². The van der Waals surface area contributed by atoms with Gasteiger partial charge in [0.15, 0.2) is 17.6 Å². The second kappa shape index (κ2) is 8.20. The Morgan fingerprint density at radius 2 is 2.07 bits per heavy atom. The number of carbonyl (C=O) groups excluding carboxylic acids is 2. The molecular weight excluding hydrogens is 424 g/mol. The molecule has 0 saturated carbocycles. The second-order valence-electron chi connectivity index (χ2n) is 7.27. The number of amides is 1. The van der Waals surface area contributed by atoms with Crippen molar-refractivity contribution in [3.8, 4) is 5.82 Å². The number of thiophene rings is 1. The Hall–Kier alpha value is -2.71. The van der Waals surface area contributed by atoms with Crippen molar-refractivity contribution in [1.82, 2.24) is 19.7 Å². The zero-order valence-electron chi connectivity index (χ0n) is 16.9. The largest absolute Gasteiger partial charge is 0.448 e. The first-order valence-corrected chi connectivity index (χ1v) is 10.8. The van der Waals surface area contributed by atoms with Crippen LogP contribution in [-0.4, -0.2) is 44.2 Å². The summed E-state index contributed by atoms with van der Waals surface area (Å²) >= 11 is 7.90. The van der Waals surface area contributed by atoms with Gasteiger partial charge in [0, 0.05) is 23.7 Å². The monoisotopic (exact) mass is 444 g/mol. The van der Waals surface area contributed by atoms with Gasteiger partial charge >= 0.3 is 5.97 Å². The number of esters is 1. The first kappa shape index (κ1) is 20.6. The predicted molar refractivity (Wildman–Crippen MR) is 114 cm³/mol. The number of carbonyl (C=O) groups is 2. The summed E-state index contributed by atoms with van der Waals surface area (Å²) in [6.45, 7) is 6.49. The number of ether oxygens (including phenoxy) is 1. The number of hydrogen-bond acceptors (Lipinski definition) is 6. The van der Waals surface area contributed by atoms with E-state index in [2.05, 4.69) is 10.1 Å². The number of nitrogens with zero attached hydrogens (tertiary/aromatic N) is 4. The predicted octanol–water partition coefficient (Wildman–Crippen LogP) is 3.73. The number of fused-ring (bicyclic) bond motifs is 1. The quantitative estimate of drug-likeness (QED) is 0.573. The normalized spacial score (nSPS) is 14.3. The molecule has 1 unspecified atom stereocenters. The lowest BCUT2D eigenvalue weighted by Gasteiger charge is -2.29. The average molecular weight is 445 g/mol. The molecule has 0 fully saturated rings. The molecule has 1 atom stereocenters. The van der Waals surface area contributed by atoms with Crippen LogP contribution in [0.2, 0.25) is 5.02 Å². The molecule has 7 nitrogen and oxygen atoms in total. The van der Waals surface area contributed by atoms with Crippen LogP contribution in [0.5, 0.6) is 0 Å². The van der Waals surface area contributed by atoms with Gasteiger partial charge in [-0.2, -0.15) is 5.10 Å². The lowest BCUT2D eigenvalue weighted by atomic mass is 10.1. The van der Waals surface area contributed by atoms with Crippen molar-refractivity contribution in [3.63, 3.8) is 0 Å². The van der Waals surface area contributed by atoms with Gasteiger partial charge in [-0.05, 0) is 62.4 Å². The Bertz CT molecular complexity index is 1120. The highest BCUT2D eigenvalue weighted by atomic mass is 35.5. The molecule has 1 aliphatic rings. The summed E-state index contributed by atoms with van der Waals surface area (Å²) in [5, 5.41) is 6.57. The van der Waals surface area contributed by atoms with Crippen molar-refractivity contribution in [2.24, 2.45) is 0 Å². The molecule has 0 radical (unpaired) electrons. The molecule has 1 amide bonds. The van der Waals surface area contributed by atoms with E-state index in [-0.39, 0.29) is 16.6 Å². The molecular formula is C21H21ClN4O3S. The fraction of sp³-hybridized carbons (Fsp3) is 0.333. The van der Waals surface area contributed by atoms with Crippen LogP contribution in [0.15, 0.2) is 29.6 Å². The Balaban J connectivity index is 1.49. The summed E-state index contributed by atoms with van der Waals surface area (Å²) in [5.74, 6) is -0.513. The molecule has 3 aromatic heterocycles. The van der Waals surface area contributed by atoms with Crippen molar-refractivity contribution in [1.29, 1.82) is 0 Å². The lowest BCUT2D eigenvalue weighted by molar-refractivity contribution is -0.140. The maximum Gasteiger partial charge on any atom is 0.359 e. The number of hydrogen-bond donors (Lipinski definition) is 0. The molecule has 0 aliphatic carbocycles. The molecule has 9 heteroatoms. The highest BCUT2D eigenvalue weighted by Crippen LogP contribution is 2.25. The summed E-state index contributed by atoms with van der Waals surface area (Å²) in [7, 11) is 0. The molecule has 0 spiro atoms. The van der Waals surface area contributed by atoms with E-state index in [1.807, 2.05) is 31.4 Å². The van der Waals surface area contributed by atoms with Crippen molar-refractivity contribution in [3.05, 3.63) is 62.2 Å². The van der Waals surface area contributed by atoms with E-state index in [1.165, 1.54) is 4.88 Å². The van der Waals surface area contributed by atoms with Crippen molar-refractivity contribution < 1.29 is 14.3 Å². The minimum atomic E-state index is -0.937. The standard InChI is InChI=1S/C21H21ClN4O3S/c1-12-10-13(2)26(24-12)18-5-4-16(22)19(23-18)21(28)29-14(3)20(27)25-8-6-17-15(11-25)7-9-30-17/h4-5,7,9-10,14H,6,8,11H2,1-3H3. The summed E-state index contributed by atoms with van der Waals surface area (Å²) < 4.78 is 7.05. The van der Waals surface area contributed by atoms with Crippen LogP contribution in [0, 0.1) is 13.8 Å². The third-order valence-electron chi connectivity index (χ3n) is 5.00. The first-order valence-electron chi connectivity index (χ1n) is 9.58. The smallest absolute Gasteiger partial charge is 0.359 e. The third kappa shape index (κ3) is 3.97. The van der Waals surface area contributed by atoms with Gasteiger partial charge in [0.25, 0.3) is 5.91 Å². The number of pyridine rings is 1. The minimum Gasteiger partial charge on any atom is -0.448 e. The van der Waals surface area contributed by atoms with E-state index in [0.717, 1.165) is 23.4 Å². The maximum atomic E-state index is 12.8. The molecule has 0 N–H and O–H groups in total. The highest BCUT2D eigenvalue weighted by Gasteiger charge is 2.29. The SMILES string of the molecule is Cc1cc(C)n(-c2ccc(Cl)c(C(=O)OC(C)C(=O)N3CCc4sccc4C3)n2)n1. The van der Waals surface area contributed by atoms with E-state index < -0.39 is 12.1 Å². The first-order chi connectivity index (χ1) is 14.3. The Kier molecular flexibility index (Phi) is 5.62. The van der Waals surface area contributed by atoms with E-state index in [0.29, 0.717) is 18.9 Å². The highest BCUT2D eigenvalue weighted by molar-refractivity contribution is 7.10. The average Bonchev–Trinajstić information content (AvgIpc) is 3.32. The van der Waals surface area contributed by atoms with Crippen LogP contribution in [0.25, 0.3) is 5.82 Å². The maximum absolute atomic E-state index is 12.8. The Morgan fingerprint density at radius 3 is 2.80 bits per heavy atom. The van der Waals surface area contributed by atoms with Gasteiger partial charge < -0.3 is 9.64 Å². The number of aromatic nitrogens is 3. The van der Waals surface area contributed by atoms with Gasteiger partial charge in [-0.25, -0.2) is 14.5 Å². The summed E-state index contributed by atoms with van der Waals surface area (Å²) in [5.41, 5.74) is 2.83. The fourth-order valence-electron chi connectivity index (χ4n) is 3.51. The van der Waals surface area contributed by atoms with Crippen LogP contribution in [-0.2, 0) is 22.5 Å². The van der Waals surface area contributed by atoms with E-state index in [1.54, 1.807) is 40.0 Å².